The molecule has 148 valence electrons. The zero-order chi connectivity index (χ0) is 19.9. The fraction of sp³-hybridized carbons (Fsp3) is 0.333. The number of hydrogen-bond donors (Lipinski definition) is 2. The zero-order valence-electron chi connectivity index (χ0n) is 15.9. The van der Waals surface area contributed by atoms with Crippen molar-refractivity contribution in [1.29, 1.82) is 0 Å². The van der Waals surface area contributed by atoms with Gasteiger partial charge in [0.25, 0.3) is 0 Å². The van der Waals surface area contributed by atoms with Crippen molar-refractivity contribution < 1.29 is 9.59 Å². The molecule has 0 spiro atoms. The summed E-state index contributed by atoms with van der Waals surface area (Å²) in [6.07, 6.45) is 0. The van der Waals surface area contributed by atoms with Gasteiger partial charge in [-0.2, -0.15) is 0 Å². The van der Waals surface area contributed by atoms with E-state index in [0.717, 1.165) is 24.3 Å². The zero-order valence-corrected chi connectivity index (χ0v) is 16.7. The number of amides is 3. The van der Waals surface area contributed by atoms with Crippen molar-refractivity contribution in [3.05, 3.63) is 65.2 Å². The summed E-state index contributed by atoms with van der Waals surface area (Å²) in [6, 6.07) is 16.6. The van der Waals surface area contributed by atoms with Gasteiger partial charge in [0.2, 0.25) is 5.91 Å². The third kappa shape index (κ3) is 5.39. The van der Waals surface area contributed by atoms with Gasteiger partial charge in [-0.3, -0.25) is 4.79 Å². The first-order chi connectivity index (χ1) is 13.5. The highest BCUT2D eigenvalue weighted by Crippen LogP contribution is 2.19. The van der Waals surface area contributed by atoms with Crippen LogP contribution in [0.25, 0.3) is 0 Å². The average Bonchev–Trinajstić information content (AvgIpc) is 2.73. The summed E-state index contributed by atoms with van der Waals surface area (Å²) in [5.74, 6) is -0.197. The quantitative estimate of drug-likeness (QED) is 0.811. The van der Waals surface area contributed by atoms with E-state index in [1.807, 2.05) is 54.6 Å². The van der Waals surface area contributed by atoms with Crippen LogP contribution in [0.15, 0.2) is 54.6 Å². The monoisotopic (exact) mass is 400 g/mol. The minimum Gasteiger partial charge on any atom is -0.368 e. The SMILES string of the molecule is CC(NC(=O)N1CCN(c2ccc(Cl)cc2)CC1)C(=O)NCc1ccccc1. The highest BCUT2D eigenvalue weighted by Gasteiger charge is 2.24. The number of anilines is 1. The second-order valence-corrected chi connectivity index (χ2v) is 7.26. The summed E-state index contributed by atoms with van der Waals surface area (Å²) in [6.45, 7) is 4.83. The molecule has 0 aliphatic carbocycles. The molecule has 0 bridgehead atoms. The molecule has 1 aliphatic heterocycles. The number of carbonyl (C=O) groups is 2. The van der Waals surface area contributed by atoms with Crippen LogP contribution in [0.4, 0.5) is 10.5 Å². The molecule has 1 unspecified atom stereocenters. The largest absolute Gasteiger partial charge is 0.368 e. The lowest BCUT2D eigenvalue weighted by Crippen LogP contribution is -2.55. The maximum absolute atomic E-state index is 12.5. The third-order valence-electron chi connectivity index (χ3n) is 4.80. The number of rotatable bonds is 5. The molecular weight excluding hydrogens is 376 g/mol. The van der Waals surface area contributed by atoms with Crippen molar-refractivity contribution >= 4 is 29.2 Å². The summed E-state index contributed by atoms with van der Waals surface area (Å²) in [4.78, 5) is 28.7. The second-order valence-electron chi connectivity index (χ2n) is 6.83. The van der Waals surface area contributed by atoms with E-state index in [1.165, 1.54) is 0 Å². The Kier molecular flexibility index (Phi) is 6.76. The molecule has 7 heteroatoms. The van der Waals surface area contributed by atoms with E-state index in [2.05, 4.69) is 15.5 Å². The van der Waals surface area contributed by atoms with Crippen molar-refractivity contribution in [3.8, 4) is 0 Å². The number of nitrogens with one attached hydrogen (secondary N) is 2. The van der Waals surface area contributed by atoms with E-state index in [-0.39, 0.29) is 11.9 Å². The van der Waals surface area contributed by atoms with Crippen LogP contribution in [0, 0.1) is 0 Å². The number of urea groups is 1. The van der Waals surface area contributed by atoms with Gasteiger partial charge >= 0.3 is 6.03 Å². The number of nitrogens with zero attached hydrogens (tertiary/aromatic N) is 2. The van der Waals surface area contributed by atoms with E-state index in [0.29, 0.717) is 24.7 Å². The van der Waals surface area contributed by atoms with Crippen LogP contribution in [-0.2, 0) is 11.3 Å². The number of benzene rings is 2. The first kappa shape index (κ1) is 20.0. The number of halogens is 1. The molecule has 28 heavy (non-hydrogen) atoms. The molecule has 0 radical (unpaired) electrons. The lowest BCUT2D eigenvalue weighted by atomic mass is 10.2. The molecule has 2 aromatic rings. The highest BCUT2D eigenvalue weighted by molar-refractivity contribution is 6.30. The van der Waals surface area contributed by atoms with Gasteiger partial charge in [-0.1, -0.05) is 41.9 Å². The van der Waals surface area contributed by atoms with E-state index in [4.69, 9.17) is 11.6 Å². The smallest absolute Gasteiger partial charge is 0.318 e. The summed E-state index contributed by atoms with van der Waals surface area (Å²) < 4.78 is 0. The first-order valence-corrected chi connectivity index (χ1v) is 9.78. The van der Waals surface area contributed by atoms with Gasteiger partial charge in [0.1, 0.15) is 6.04 Å². The molecule has 1 aliphatic rings. The molecular formula is C21H25ClN4O2. The van der Waals surface area contributed by atoms with Crippen LogP contribution >= 0.6 is 11.6 Å². The van der Waals surface area contributed by atoms with Gasteiger partial charge < -0.3 is 20.4 Å². The minimum atomic E-state index is -0.592. The van der Waals surface area contributed by atoms with E-state index in [1.54, 1.807) is 11.8 Å². The van der Waals surface area contributed by atoms with Gasteiger partial charge in [0.15, 0.2) is 0 Å². The van der Waals surface area contributed by atoms with Crippen LogP contribution in [0.1, 0.15) is 12.5 Å². The van der Waals surface area contributed by atoms with Gasteiger partial charge in [-0.25, -0.2) is 4.79 Å². The van der Waals surface area contributed by atoms with Crippen molar-refractivity contribution in [2.24, 2.45) is 0 Å². The van der Waals surface area contributed by atoms with Crippen LogP contribution in [-0.4, -0.2) is 49.1 Å². The first-order valence-electron chi connectivity index (χ1n) is 9.40. The summed E-state index contributed by atoms with van der Waals surface area (Å²) in [5, 5.41) is 6.35. The maximum Gasteiger partial charge on any atom is 0.318 e. The molecule has 1 atom stereocenters. The number of carbonyl (C=O) groups excluding carboxylic acids is 2. The molecule has 1 fully saturated rings. The van der Waals surface area contributed by atoms with Crippen molar-refractivity contribution in [3.63, 3.8) is 0 Å². The Labute approximate surface area is 170 Å². The molecule has 2 N–H and O–H groups in total. The fourth-order valence-corrected chi connectivity index (χ4v) is 3.23. The maximum atomic E-state index is 12.5. The van der Waals surface area contributed by atoms with Crippen LogP contribution in [0.3, 0.4) is 0 Å². The fourth-order valence-electron chi connectivity index (χ4n) is 3.10. The lowest BCUT2D eigenvalue weighted by molar-refractivity contribution is -0.122. The molecule has 1 heterocycles. The molecule has 3 rings (SSSR count). The topological polar surface area (TPSA) is 64.7 Å². The Bertz CT molecular complexity index is 790. The molecule has 0 aromatic heterocycles. The van der Waals surface area contributed by atoms with Gasteiger partial charge in [0, 0.05) is 43.4 Å². The van der Waals surface area contributed by atoms with Crippen molar-refractivity contribution in [2.45, 2.75) is 19.5 Å². The van der Waals surface area contributed by atoms with E-state index < -0.39 is 6.04 Å². The Morgan fingerprint density at radius 2 is 1.64 bits per heavy atom. The van der Waals surface area contributed by atoms with Gasteiger partial charge in [-0.15, -0.1) is 0 Å². The van der Waals surface area contributed by atoms with E-state index >= 15 is 0 Å². The van der Waals surface area contributed by atoms with Crippen molar-refractivity contribution in [1.82, 2.24) is 15.5 Å². The number of hydrogen-bond acceptors (Lipinski definition) is 3. The Morgan fingerprint density at radius 3 is 2.29 bits per heavy atom. The summed E-state index contributed by atoms with van der Waals surface area (Å²) in [7, 11) is 0. The Hall–Kier alpha value is -2.73. The summed E-state index contributed by atoms with van der Waals surface area (Å²) in [5.41, 5.74) is 2.12. The predicted octanol–water partition coefficient (Wildman–Crippen LogP) is 2.88. The normalized spacial score (nSPS) is 15.1. The number of piperazine rings is 1. The molecule has 6 nitrogen and oxygen atoms in total. The molecule has 2 aromatic carbocycles. The van der Waals surface area contributed by atoms with Crippen molar-refractivity contribution in [2.75, 3.05) is 31.1 Å². The minimum absolute atomic E-state index is 0.197. The summed E-state index contributed by atoms with van der Waals surface area (Å²) >= 11 is 5.93. The Morgan fingerprint density at radius 1 is 1.00 bits per heavy atom. The van der Waals surface area contributed by atoms with Crippen LogP contribution in [0.2, 0.25) is 5.02 Å². The van der Waals surface area contributed by atoms with Crippen LogP contribution in [0.5, 0.6) is 0 Å². The predicted molar refractivity (Wildman–Crippen MR) is 112 cm³/mol. The highest BCUT2D eigenvalue weighted by atomic mass is 35.5. The van der Waals surface area contributed by atoms with Gasteiger partial charge in [-0.05, 0) is 36.8 Å². The average molecular weight is 401 g/mol. The molecule has 0 saturated carbocycles. The second kappa shape index (κ2) is 9.46. The lowest BCUT2D eigenvalue weighted by Gasteiger charge is -2.36. The Balaban J connectivity index is 1.43. The van der Waals surface area contributed by atoms with Gasteiger partial charge in [0.05, 0.1) is 0 Å². The molecule has 3 amide bonds. The van der Waals surface area contributed by atoms with E-state index in [9.17, 15) is 9.59 Å². The van der Waals surface area contributed by atoms with Crippen LogP contribution < -0.4 is 15.5 Å². The standard InChI is InChI=1S/C21H25ClN4O2/c1-16(20(27)23-15-17-5-3-2-4-6-17)24-21(28)26-13-11-25(12-14-26)19-9-7-18(22)8-10-19/h2-10,16H,11-15H2,1H3,(H,23,27)(H,24,28). The third-order valence-corrected chi connectivity index (χ3v) is 5.05. The molecule has 1 saturated heterocycles.